The third kappa shape index (κ3) is 3.88. The van der Waals surface area contributed by atoms with Crippen molar-refractivity contribution in [1.29, 1.82) is 0 Å². The van der Waals surface area contributed by atoms with E-state index in [1.54, 1.807) is 7.11 Å². The van der Waals surface area contributed by atoms with Crippen molar-refractivity contribution in [3.8, 4) is 5.75 Å². The Hall–Kier alpha value is -1.29. The number of aliphatic hydroxyl groups is 1. The molecule has 2 rings (SSSR count). The Morgan fingerprint density at radius 2 is 1.67 bits per heavy atom. The molecule has 0 bridgehead atoms. The van der Waals surface area contributed by atoms with Gasteiger partial charge in [-0.3, -0.25) is 0 Å². The molecule has 0 radical (unpaired) electrons. The molecule has 1 unspecified atom stereocenters. The monoisotopic (exact) mass is 309 g/mol. The molecule has 0 aromatic heterocycles. The average Bonchev–Trinajstić information content (AvgIpc) is 2.51. The molecule has 0 saturated carbocycles. The summed E-state index contributed by atoms with van der Waals surface area (Å²) in [5, 5.41) is 12.6. The molecule has 116 valence electrons. The predicted molar refractivity (Wildman–Crippen MR) is 90.5 cm³/mol. The quantitative estimate of drug-likeness (QED) is 0.884. The molecule has 0 amide bonds. The molecule has 2 aromatic rings. The molecule has 4 heteroatoms. The Morgan fingerprint density at radius 1 is 1.05 bits per heavy atom. The Kier molecular flexibility index (Phi) is 6.96. The molecule has 2 aromatic carbocycles. The van der Waals surface area contributed by atoms with Gasteiger partial charge in [-0.2, -0.15) is 0 Å². The maximum atomic E-state index is 10.5. The molecule has 0 heterocycles. The van der Waals surface area contributed by atoms with Crippen LogP contribution >= 0.6 is 12.4 Å². The van der Waals surface area contributed by atoms with Crippen LogP contribution < -0.4 is 4.74 Å². The van der Waals surface area contributed by atoms with Gasteiger partial charge in [0.25, 0.3) is 0 Å². The molecule has 0 saturated heterocycles. The van der Waals surface area contributed by atoms with Crippen LogP contribution in [0.4, 0.5) is 0 Å². The highest BCUT2D eigenvalue weighted by atomic mass is 35.5. The third-order valence-electron chi connectivity index (χ3n) is 3.82. The summed E-state index contributed by atoms with van der Waals surface area (Å²) in [6.45, 7) is 6.78. The molecule has 0 fully saturated rings. The molecule has 0 aliphatic carbocycles. The molecule has 0 aliphatic heterocycles. The van der Waals surface area contributed by atoms with E-state index in [-0.39, 0.29) is 12.4 Å². The smallest absolute Gasteiger partial charge is 0.126 e. The van der Waals surface area contributed by atoms with Gasteiger partial charge in [-0.25, -0.2) is 0 Å². The van der Waals surface area contributed by atoms with Gasteiger partial charge in [0.15, 0.2) is 0 Å². The summed E-state index contributed by atoms with van der Waals surface area (Å²) in [5.41, 5.74) is 0.966. The number of nitrogens with zero attached hydrogens (tertiary/aromatic N) is 1. The maximum Gasteiger partial charge on any atom is 0.126 e. The van der Waals surface area contributed by atoms with Crippen LogP contribution in [-0.4, -0.2) is 36.8 Å². The fourth-order valence-corrected chi connectivity index (χ4v) is 2.59. The Morgan fingerprint density at radius 3 is 2.24 bits per heavy atom. The predicted octanol–water partition coefficient (Wildman–Crippen LogP) is 3.65. The van der Waals surface area contributed by atoms with Crippen molar-refractivity contribution in [2.75, 3.05) is 26.7 Å². The lowest BCUT2D eigenvalue weighted by molar-refractivity contribution is 0.120. The van der Waals surface area contributed by atoms with Crippen molar-refractivity contribution in [2.45, 2.75) is 20.0 Å². The lowest BCUT2D eigenvalue weighted by Crippen LogP contribution is -2.28. The van der Waals surface area contributed by atoms with Crippen molar-refractivity contribution < 1.29 is 9.84 Å². The number of ether oxygens (including phenoxy) is 1. The summed E-state index contributed by atoms with van der Waals surface area (Å²) in [7, 11) is 1.67. The maximum absolute atomic E-state index is 10.5. The zero-order chi connectivity index (χ0) is 14.5. The Balaban J connectivity index is 0.00000220. The highest BCUT2D eigenvalue weighted by Gasteiger charge is 2.15. The van der Waals surface area contributed by atoms with Crippen LogP contribution in [0.2, 0.25) is 0 Å². The van der Waals surface area contributed by atoms with Gasteiger partial charge in [-0.1, -0.05) is 44.2 Å². The molecule has 1 N–H and O–H groups in total. The van der Waals surface area contributed by atoms with Gasteiger partial charge in [0, 0.05) is 11.9 Å². The van der Waals surface area contributed by atoms with Crippen molar-refractivity contribution in [1.82, 2.24) is 4.90 Å². The highest BCUT2D eigenvalue weighted by molar-refractivity contribution is 5.91. The number of halogens is 1. The van der Waals surface area contributed by atoms with Crippen LogP contribution in [0, 0.1) is 0 Å². The van der Waals surface area contributed by atoms with Crippen LogP contribution in [0.5, 0.6) is 5.75 Å². The number of benzene rings is 2. The first-order chi connectivity index (χ1) is 9.71. The van der Waals surface area contributed by atoms with Gasteiger partial charge < -0.3 is 14.7 Å². The summed E-state index contributed by atoms with van der Waals surface area (Å²) in [6, 6.07) is 12.0. The SMILES string of the molecule is CCN(CC)CC(O)c1ccc(OC)c2ccccc12.Cl. The highest BCUT2D eigenvalue weighted by Crippen LogP contribution is 2.31. The van der Waals surface area contributed by atoms with Crippen LogP contribution in [0.3, 0.4) is 0 Å². The summed E-state index contributed by atoms with van der Waals surface area (Å²) in [4.78, 5) is 2.23. The number of likely N-dealkylation sites (N-methyl/N-ethyl adjacent to an activating group) is 1. The van der Waals surface area contributed by atoms with E-state index in [0.717, 1.165) is 35.2 Å². The second kappa shape index (κ2) is 8.23. The van der Waals surface area contributed by atoms with Crippen LogP contribution in [-0.2, 0) is 0 Å². The number of hydrogen-bond donors (Lipinski definition) is 1. The average molecular weight is 310 g/mol. The van der Waals surface area contributed by atoms with Crippen molar-refractivity contribution in [3.05, 3.63) is 42.0 Å². The topological polar surface area (TPSA) is 32.7 Å². The number of hydrogen-bond acceptors (Lipinski definition) is 3. The largest absolute Gasteiger partial charge is 0.496 e. The molecular weight excluding hydrogens is 286 g/mol. The van der Waals surface area contributed by atoms with E-state index in [1.165, 1.54) is 0 Å². The van der Waals surface area contributed by atoms with E-state index in [2.05, 4.69) is 18.7 Å². The summed E-state index contributed by atoms with van der Waals surface area (Å²) < 4.78 is 5.39. The zero-order valence-corrected chi connectivity index (χ0v) is 13.7. The van der Waals surface area contributed by atoms with Gasteiger partial charge in [-0.05, 0) is 30.1 Å². The standard InChI is InChI=1S/C17H23NO2.ClH/c1-4-18(5-2)12-16(19)14-10-11-17(20-3)15-9-7-6-8-13(14)15;/h6-11,16,19H,4-5,12H2,1-3H3;1H. The minimum atomic E-state index is -0.481. The molecule has 21 heavy (non-hydrogen) atoms. The van der Waals surface area contributed by atoms with Crippen LogP contribution in [0.1, 0.15) is 25.5 Å². The van der Waals surface area contributed by atoms with Crippen molar-refractivity contribution in [3.63, 3.8) is 0 Å². The number of rotatable bonds is 6. The number of aliphatic hydroxyl groups excluding tert-OH is 1. The summed E-state index contributed by atoms with van der Waals surface area (Å²) in [6.07, 6.45) is -0.481. The molecule has 0 spiro atoms. The van der Waals surface area contributed by atoms with Crippen molar-refractivity contribution in [2.24, 2.45) is 0 Å². The lowest BCUT2D eigenvalue weighted by atomic mass is 9.99. The number of fused-ring (bicyclic) bond motifs is 1. The Labute approximate surface area is 132 Å². The van der Waals surface area contributed by atoms with E-state index >= 15 is 0 Å². The van der Waals surface area contributed by atoms with Gasteiger partial charge in [0.1, 0.15) is 5.75 Å². The van der Waals surface area contributed by atoms with Gasteiger partial charge in [0.05, 0.1) is 13.2 Å². The van der Waals surface area contributed by atoms with Gasteiger partial charge in [0.2, 0.25) is 0 Å². The molecule has 0 aliphatic rings. The minimum absolute atomic E-state index is 0. The molecule has 3 nitrogen and oxygen atoms in total. The first-order valence-corrected chi connectivity index (χ1v) is 7.17. The lowest BCUT2D eigenvalue weighted by Gasteiger charge is -2.23. The third-order valence-corrected chi connectivity index (χ3v) is 3.82. The zero-order valence-electron chi connectivity index (χ0n) is 12.9. The van der Waals surface area contributed by atoms with Crippen LogP contribution in [0.15, 0.2) is 36.4 Å². The van der Waals surface area contributed by atoms with E-state index in [9.17, 15) is 5.11 Å². The first-order valence-electron chi connectivity index (χ1n) is 7.17. The van der Waals surface area contributed by atoms with E-state index in [4.69, 9.17) is 4.74 Å². The van der Waals surface area contributed by atoms with E-state index < -0.39 is 6.10 Å². The van der Waals surface area contributed by atoms with Gasteiger partial charge >= 0.3 is 0 Å². The Bertz CT molecular complexity index is 570. The summed E-state index contributed by atoms with van der Waals surface area (Å²) >= 11 is 0. The first kappa shape index (κ1) is 17.8. The van der Waals surface area contributed by atoms with E-state index in [1.807, 2.05) is 36.4 Å². The fraction of sp³-hybridized carbons (Fsp3) is 0.412. The fourth-order valence-electron chi connectivity index (χ4n) is 2.59. The number of methoxy groups -OCH3 is 1. The second-order valence-electron chi connectivity index (χ2n) is 4.90. The molecular formula is C17H24ClNO2. The minimum Gasteiger partial charge on any atom is -0.496 e. The van der Waals surface area contributed by atoms with Gasteiger partial charge in [-0.15, -0.1) is 12.4 Å². The van der Waals surface area contributed by atoms with Crippen LogP contribution in [0.25, 0.3) is 10.8 Å². The molecule has 1 atom stereocenters. The van der Waals surface area contributed by atoms with E-state index in [0.29, 0.717) is 6.54 Å². The normalized spacial score (nSPS) is 12.2. The summed E-state index contributed by atoms with van der Waals surface area (Å²) in [5.74, 6) is 0.847. The second-order valence-corrected chi connectivity index (χ2v) is 4.90. The van der Waals surface area contributed by atoms with Crippen molar-refractivity contribution >= 4 is 23.2 Å².